The molecule has 1 atom stereocenters. The minimum absolute atomic E-state index is 0.146. The van der Waals surface area contributed by atoms with Gasteiger partial charge in [0.15, 0.2) is 0 Å². The Morgan fingerprint density at radius 3 is 2.19 bits per heavy atom. The molecule has 0 radical (unpaired) electrons. The topological polar surface area (TPSA) is 37.3 Å². The number of hydrogen-bond acceptors (Lipinski definition) is 1. The molecule has 6 heteroatoms. The second-order valence-electron chi connectivity index (χ2n) is 3.20. The average Bonchev–Trinajstić information content (AvgIpc) is 2.17. The van der Waals surface area contributed by atoms with Crippen LogP contribution in [0.5, 0.6) is 0 Å². The van der Waals surface area contributed by atoms with Gasteiger partial charge in [0.1, 0.15) is 4.83 Å². The van der Waals surface area contributed by atoms with Crippen LogP contribution in [0.3, 0.4) is 0 Å². The quantitative estimate of drug-likeness (QED) is 0.870. The van der Waals surface area contributed by atoms with Crippen molar-refractivity contribution in [3.05, 3.63) is 35.4 Å². The first-order valence-corrected chi connectivity index (χ1v) is 5.25. The van der Waals surface area contributed by atoms with Crippen LogP contribution in [0, 0.1) is 0 Å². The molecule has 0 saturated carbocycles. The number of rotatable bonds is 3. The van der Waals surface area contributed by atoms with Crippen molar-refractivity contribution in [3.8, 4) is 0 Å². The molecule has 88 valence electrons. The van der Waals surface area contributed by atoms with Gasteiger partial charge in [0.05, 0.1) is 5.56 Å². The number of alkyl halides is 4. The minimum Gasteiger partial charge on any atom is -0.480 e. The second kappa shape index (κ2) is 4.86. The van der Waals surface area contributed by atoms with E-state index in [9.17, 15) is 18.0 Å². The van der Waals surface area contributed by atoms with E-state index in [4.69, 9.17) is 5.11 Å². The average molecular weight is 297 g/mol. The fourth-order valence-electron chi connectivity index (χ4n) is 1.12. The summed E-state index contributed by atoms with van der Waals surface area (Å²) in [5, 5.41) is 8.60. The van der Waals surface area contributed by atoms with E-state index >= 15 is 0 Å². The summed E-state index contributed by atoms with van der Waals surface area (Å²) in [6.07, 6.45) is -4.22. The van der Waals surface area contributed by atoms with Crippen molar-refractivity contribution < 1.29 is 23.1 Å². The molecule has 1 rings (SSSR count). The highest BCUT2D eigenvalue weighted by Crippen LogP contribution is 2.29. The van der Waals surface area contributed by atoms with E-state index in [2.05, 4.69) is 15.9 Å². The Bertz CT molecular complexity index is 373. The maximum absolute atomic E-state index is 12.2. The van der Waals surface area contributed by atoms with Gasteiger partial charge in [0.2, 0.25) is 0 Å². The lowest BCUT2D eigenvalue weighted by molar-refractivity contribution is -0.138. The molecule has 0 aromatic heterocycles. The summed E-state index contributed by atoms with van der Waals surface area (Å²) in [6.45, 7) is 0. The molecule has 0 bridgehead atoms. The molecule has 0 fully saturated rings. The number of halogens is 4. The fourth-order valence-corrected chi connectivity index (χ4v) is 1.50. The summed E-state index contributed by atoms with van der Waals surface area (Å²) in [5.41, 5.74) is -0.199. The molecular weight excluding hydrogens is 289 g/mol. The Kier molecular flexibility index (Phi) is 3.96. The first-order valence-electron chi connectivity index (χ1n) is 4.33. The van der Waals surface area contributed by atoms with Crippen LogP contribution < -0.4 is 0 Å². The monoisotopic (exact) mass is 296 g/mol. The van der Waals surface area contributed by atoms with Crippen molar-refractivity contribution in [2.24, 2.45) is 0 Å². The van der Waals surface area contributed by atoms with Crippen LogP contribution in [0.1, 0.15) is 11.1 Å². The zero-order valence-corrected chi connectivity index (χ0v) is 9.55. The summed E-state index contributed by atoms with van der Waals surface area (Å²) >= 11 is 2.92. The first-order chi connectivity index (χ1) is 7.30. The van der Waals surface area contributed by atoms with Crippen molar-refractivity contribution >= 4 is 21.9 Å². The number of aliphatic carboxylic acids is 1. The molecule has 0 aliphatic carbocycles. The van der Waals surface area contributed by atoms with Gasteiger partial charge in [-0.1, -0.05) is 28.1 Å². The number of hydrogen-bond donors (Lipinski definition) is 1. The zero-order valence-electron chi connectivity index (χ0n) is 7.96. The van der Waals surface area contributed by atoms with Crippen molar-refractivity contribution in [1.82, 2.24) is 0 Å². The Hall–Kier alpha value is -1.04. The molecule has 0 aliphatic heterocycles. The molecule has 1 aromatic carbocycles. The van der Waals surface area contributed by atoms with Gasteiger partial charge in [0.25, 0.3) is 0 Å². The first kappa shape index (κ1) is 13.0. The van der Waals surface area contributed by atoms with E-state index < -0.39 is 22.5 Å². The highest BCUT2D eigenvalue weighted by atomic mass is 79.9. The van der Waals surface area contributed by atoms with Crippen LogP contribution in [-0.4, -0.2) is 15.9 Å². The van der Waals surface area contributed by atoms with Crippen LogP contribution in [-0.2, 0) is 17.4 Å². The lowest BCUT2D eigenvalue weighted by atomic mass is 10.1. The van der Waals surface area contributed by atoms with Gasteiger partial charge in [-0.15, -0.1) is 0 Å². The van der Waals surface area contributed by atoms with Crippen molar-refractivity contribution in [2.45, 2.75) is 17.4 Å². The molecule has 1 N–H and O–H groups in total. The minimum atomic E-state index is -4.36. The summed E-state index contributed by atoms with van der Waals surface area (Å²) in [6, 6.07) is 4.44. The Morgan fingerprint density at radius 1 is 1.31 bits per heavy atom. The van der Waals surface area contributed by atoms with Crippen molar-refractivity contribution in [1.29, 1.82) is 0 Å². The lowest BCUT2D eigenvalue weighted by Crippen LogP contribution is -2.15. The molecule has 16 heavy (non-hydrogen) atoms. The van der Waals surface area contributed by atoms with Gasteiger partial charge in [-0.2, -0.15) is 13.2 Å². The molecule has 0 aliphatic rings. The maximum atomic E-state index is 12.2. The van der Waals surface area contributed by atoms with Gasteiger partial charge in [-0.05, 0) is 24.1 Å². The molecule has 0 amide bonds. The summed E-state index contributed by atoms with van der Waals surface area (Å²) in [4.78, 5) is 9.72. The second-order valence-corrected chi connectivity index (χ2v) is 4.31. The normalized spacial score (nSPS) is 13.5. The molecule has 0 saturated heterocycles. The fraction of sp³-hybridized carbons (Fsp3) is 0.300. The summed E-state index contributed by atoms with van der Waals surface area (Å²) in [5.74, 6) is -1.04. The number of carbonyl (C=O) groups is 1. The van der Waals surface area contributed by atoms with Gasteiger partial charge >= 0.3 is 12.1 Å². The SMILES string of the molecule is O=C(O)C(Br)Cc1ccc(C(F)(F)F)cc1. The molecule has 1 aromatic rings. The molecular formula is C10H8BrF3O2. The molecule has 2 nitrogen and oxygen atoms in total. The van der Waals surface area contributed by atoms with E-state index in [1.807, 2.05) is 0 Å². The van der Waals surface area contributed by atoms with Gasteiger partial charge in [-0.3, -0.25) is 4.79 Å². The highest BCUT2D eigenvalue weighted by Gasteiger charge is 2.30. The van der Waals surface area contributed by atoms with Gasteiger partial charge < -0.3 is 5.11 Å². The third-order valence-corrected chi connectivity index (χ3v) is 2.68. The van der Waals surface area contributed by atoms with Crippen LogP contribution in [0.15, 0.2) is 24.3 Å². The third kappa shape index (κ3) is 3.52. The maximum Gasteiger partial charge on any atom is 0.416 e. The predicted molar refractivity (Wildman–Crippen MR) is 55.5 cm³/mol. The highest BCUT2D eigenvalue weighted by molar-refractivity contribution is 9.10. The van der Waals surface area contributed by atoms with E-state index in [0.717, 1.165) is 12.1 Å². The number of carboxylic acids is 1. The van der Waals surface area contributed by atoms with Crippen LogP contribution in [0.2, 0.25) is 0 Å². The predicted octanol–water partition coefficient (Wildman–Crippen LogP) is 3.10. The van der Waals surface area contributed by atoms with E-state index in [0.29, 0.717) is 5.56 Å². The standard InChI is InChI=1S/C10H8BrF3O2/c11-8(9(15)16)5-6-1-3-7(4-2-6)10(12,13)14/h1-4,8H,5H2,(H,15,16). The van der Waals surface area contributed by atoms with Crippen molar-refractivity contribution in [3.63, 3.8) is 0 Å². The summed E-state index contributed by atoms with van der Waals surface area (Å²) in [7, 11) is 0. The molecule has 1 unspecified atom stereocenters. The van der Waals surface area contributed by atoms with Crippen molar-refractivity contribution in [2.75, 3.05) is 0 Å². The zero-order chi connectivity index (χ0) is 12.3. The van der Waals surface area contributed by atoms with Gasteiger partial charge in [0, 0.05) is 0 Å². The largest absolute Gasteiger partial charge is 0.480 e. The molecule has 0 spiro atoms. The number of benzene rings is 1. The van der Waals surface area contributed by atoms with Crippen LogP contribution in [0.25, 0.3) is 0 Å². The van der Waals surface area contributed by atoms with E-state index in [-0.39, 0.29) is 6.42 Å². The molecule has 0 heterocycles. The smallest absolute Gasteiger partial charge is 0.416 e. The van der Waals surface area contributed by atoms with E-state index in [1.54, 1.807) is 0 Å². The Labute approximate surface area is 98.2 Å². The Morgan fingerprint density at radius 2 is 1.81 bits per heavy atom. The Balaban J connectivity index is 2.76. The lowest BCUT2D eigenvalue weighted by Gasteiger charge is -2.08. The van der Waals surface area contributed by atoms with Gasteiger partial charge in [-0.25, -0.2) is 0 Å². The van der Waals surface area contributed by atoms with Crippen LogP contribution in [0.4, 0.5) is 13.2 Å². The third-order valence-electron chi connectivity index (χ3n) is 1.96. The number of carboxylic acid groups (broad SMARTS) is 1. The van der Waals surface area contributed by atoms with Crippen LogP contribution >= 0.6 is 15.9 Å². The van der Waals surface area contributed by atoms with E-state index in [1.165, 1.54) is 12.1 Å². The summed E-state index contributed by atoms with van der Waals surface area (Å²) < 4.78 is 36.6.